The van der Waals surface area contributed by atoms with E-state index in [1.54, 1.807) is 0 Å². The van der Waals surface area contributed by atoms with Crippen LogP contribution in [-0.2, 0) is 10.4 Å². The fraction of sp³-hybridized carbons (Fsp3) is 1.00. The van der Waals surface area contributed by atoms with E-state index in [1.165, 1.54) is 43.5 Å². The number of nitrogens with zero attached hydrogens (tertiary/aromatic N) is 1. The van der Waals surface area contributed by atoms with Gasteiger partial charge in [0.05, 0.1) is 26.2 Å². The van der Waals surface area contributed by atoms with E-state index in [-0.39, 0.29) is 0 Å². The molecule has 100 valence electrons. The molecule has 5 nitrogen and oxygen atoms in total. The van der Waals surface area contributed by atoms with Crippen molar-refractivity contribution in [2.45, 2.75) is 40.5 Å². The number of hydrogen-bond acceptors (Lipinski definition) is 3. The smallest absolute Gasteiger partial charge is 0.215 e. The summed E-state index contributed by atoms with van der Waals surface area (Å²) in [6, 6.07) is 0. The van der Waals surface area contributed by atoms with E-state index in [1.807, 2.05) is 0 Å². The van der Waals surface area contributed by atoms with E-state index in [9.17, 15) is 0 Å². The van der Waals surface area contributed by atoms with Gasteiger partial charge in [0.15, 0.2) is 0 Å². The highest BCUT2D eigenvalue weighted by atomic mass is 32.3. The second-order valence-electron chi connectivity index (χ2n) is 3.85. The van der Waals surface area contributed by atoms with Crippen LogP contribution >= 0.6 is 0 Å². The third kappa shape index (κ3) is 11.9. The van der Waals surface area contributed by atoms with Crippen LogP contribution < -0.4 is 0 Å². The highest BCUT2D eigenvalue weighted by Crippen LogP contribution is 2.08. The van der Waals surface area contributed by atoms with Crippen molar-refractivity contribution in [3.8, 4) is 0 Å². The molecule has 0 bridgehead atoms. The van der Waals surface area contributed by atoms with E-state index < -0.39 is 10.4 Å². The summed E-state index contributed by atoms with van der Waals surface area (Å²) >= 11 is 0. The largest absolute Gasteiger partial charge is 0.726 e. The topological polar surface area (TPSA) is 77.4 Å². The summed E-state index contributed by atoms with van der Waals surface area (Å²) in [7, 11) is -4.92. The van der Waals surface area contributed by atoms with E-state index in [2.05, 4.69) is 27.7 Å². The first-order valence-corrected chi connectivity index (χ1v) is 7.14. The molecular weight excluding hydrogens is 230 g/mol. The van der Waals surface area contributed by atoms with Gasteiger partial charge in [-0.2, -0.15) is 0 Å². The molecule has 0 heterocycles. The summed E-state index contributed by atoms with van der Waals surface area (Å²) in [4.78, 5) is 0. The predicted octanol–water partition coefficient (Wildman–Crippen LogP) is 1.67. The first kappa shape index (κ1) is 18.2. The Balaban J connectivity index is 0. The van der Waals surface area contributed by atoms with E-state index >= 15 is 0 Å². The Labute approximate surface area is 99.6 Å². The van der Waals surface area contributed by atoms with Crippen LogP contribution in [0.3, 0.4) is 0 Å². The molecule has 0 fully saturated rings. The van der Waals surface area contributed by atoms with Crippen LogP contribution in [0.1, 0.15) is 40.5 Å². The minimum atomic E-state index is -4.92. The van der Waals surface area contributed by atoms with Crippen LogP contribution in [-0.4, -0.2) is 48.2 Å². The van der Waals surface area contributed by atoms with Crippen molar-refractivity contribution in [3.05, 3.63) is 0 Å². The highest BCUT2D eigenvalue weighted by molar-refractivity contribution is 7.79. The zero-order valence-electron chi connectivity index (χ0n) is 10.8. The van der Waals surface area contributed by atoms with Gasteiger partial charge in [-0.3, -0.25) is 4.55 Å². The van der Waals surface area contributed by atoms with E-state index in [0.717, 1.165) is 0 Å². The Morgan fingerprint density at radius 2 is 1.25 bits per heavy atom. The Morgan fingerprint density at radius 3 is 1.38 bits per heavy atom. The molecule has 6 heteroatoms. The van der Waals surface area contributed by atoms with Crippen molar-refractivity contribution in [1.82, 2.24) is 0 Å². The molecule has 0 rings (SSSR count). The summed E-state index contributed by atoms with van der Waals surface area (Å²) in [6.45, 7) is 14.5. The number of quaternary nitrogens is 1. The summed E-state index contributed by atoms with van der Waals surface area (Å²) < 4.78 is 34.2. The van der Waals surface area contributed by atoms with Crippen LogP contribution in [0.4, 0.5) is 0 Å². The first-order valence-electron chi connectivity index (χ1n) is 5.78. The van der Waals surface area contributed by atoms with Gasteiger partial charge in [-0.15, -0.1) is 0 Å². The van der Waals surface area contributed by atoms with Gasteiger partial charge in [0.25, 0.3) is 0 Å². The molecule has 0 aromatic carbocycles. The molecule has 0 aromatic rings. The molecule has 0 unspecified atom stereocenters. The van der Waals surface area contributed by atoms with Crippen LogP contribution in [0, 0.1) is 0 Å². The van der Waals surface area contributed by atoms with Crippen molar-refractivity contribution in [3.63, 3.8) is 0 Å². The summed E-state index contributed by atoms with van der Waals surface area (Å²) in [5.41, 5.74) is 0. The average Bonchev–Trinajstić information content (AvgIpc) is 2.15. The van der Waals surface area contributed by atoms with Crippen molar-refractivity contribution in [2.75, 3.05) is 26.2 Å². The van der Waals surface area contributed by atoms with E-state index in [0.29, 0.717) is 0 Å². The molecule has 0 aliphatic carbocycles. The Kier molecular flexibility index (Phi) is 10.2. The van der Waals surface area contributed by atoms with Gasteiger partial charge in [-0.1, -0.05) is 13.8 Å². The van der Waals surface area contributed by atoms with Gasteiger partial charge < -0.3 is 9.04 Å². The zero-order valence-corrected chi connectivity index (χ0v) is 11.6. The van der Waals surface area contributed by atoms with Gasteiger partial charge in [0, 0.05) is 0 Å². The average molecular weight is 255 g/mol. The molecular formula is C10H25NO4S. The summed E-state index contributed by atoms with van der Waals surface area (Å²) in [5.74, 6) is 0. The van der Waals surface area contributed by atoms with Gasteiger partial charge in [-0.05, 0) is 26.7 Å². The molecule has 0 atom stereocenters. The lowest BCUT2D eigenvalue weighted by Gasteiger charge is -2.36. The third-order valence-electron chi connectivity index (χ3n) is 2.74. The second kappa shape index (κ2) is 8.92. The Hall–Kier alpha value is -0.170. The normalized spacial score (nSPS) is 11.9. The maximum atomic E-state index is 8.63. The van der Waals surface area contributed by atoms with Crippen LogP contribution in [0.15, 0.2) is 0 Å². The van der Waals surface area contributed by atoms with Gasteiger partial charge in [0.1, 0.15) is 0 Å². The maximum absolute atomic E-state index is 8.63. The molecule has 0 aliphatic rings. The predicted molar refractivity (Wildman–Crippen MR) is 64.0 cm³/mol. The minimum absolute atomic E-state index is 1.30. The highest BCUT2D eigenvalue weighted by Gasteiger charge is 2.19. The SMILES string of the molecule is CCC[N+](CC)(CC)CCC.O=S(=O)([O-])O. The number of rotatable bonds is 6. The molecule has 0 aromatic heterocycles. The van der Waals surface area contributed by atoms with Crippen molar-refractivity contribution in [1.29, 1.82) is 0 Å². The Morgan fingerprint density at radius 1 is 1.00 bits per heavy atom. The monoisotopic (exact) mass is 255 g/mol. The standard InChI is InChI=1S/C10H24N.H2O4S/c1-5-9-11(7-3,8-4)10-6-2;1-5(2,3)4/h5-10H2,1-4H3;(H2,1,2,3,4)/q+1;/p-1. The molecule has 0 spiro atoms. The lowest BCUT2D eigenvalue weighted by Crippen LogP contribution is -2.48. The van der Waals surface area contributed by atoms with Crippen molar-refractivity contribution in [2.24, 2.45) is 0 Å². The second-order valence-corrected chi connectivity index (χ2v) is 4.70. The molecule has 0 amide bonds. The molecule has 0 aliphatic heterocycles. The van der Waals surface area contributed by atoms with Crippen LogP contribution in [0.2, 0.25) is 0 Å². The fourth-order valence-corrected chi connectivity index (χ4v) is 1.92. The quantitative estimate of drug-likeness (QED) is 0.445. The summed E-state index contributed by atoms with van der Waals surface area (Å²) in [6.07, 6.45) is 2.64. The maximum Gasteiger partial charge on any atom is 0.215 e. The summed E-state index contributed by atoms with van der Waals surface area (Å²) in [5, 5.41) is 0. The minimum Gasteiger partial charge on any atom is -0.726 e. The van der Waals surface area contributed by atoms with Crippen molar-refractivity contribution >= 4 is 10.4 Å². The van der Waals surface area contributed by atoms with Crippen LogP contribution in [0.25, 0.3) is 0 Å². The third-order valence-corrected chi connectivity index (χ3v) is 2.74. The number of hydrogen-bond donors (Lipinski definition) is 1. The molecule has 0 saturated carbocycles. The van der Waals surface area contributed by atoms with Gasteiger partial charge in [0.2, 0.25) is 10.4 Å². The van der Waals surface area contributed by atoms with Crippen LogP contribution in [0.5, 0.6) is 0 Å². The lowest BCUT2D eigenvalue weighted by molar-refractivity contribution is -0.925. The van der Waals surface area contributed by atoms with Gasteiger partial charge in [-0.25, -0.2) is 8.42 Å². The first-order chi connectivity index (χ1) is 7.24. The fourth-order valence-electron chi connectivity index (χ4n) is 1.92. The van der Waals surface area contributed by atoms with E-state index in [4.69, 9.17) is 17.5 Å². The van der Waals surface area contributed by atoms with Crippen molar-refractivity contribution < 1.29 is 22.0 Å². The molecule has 16 heavy (non-hydrogen) atoms. The molecule has 0 saturated heterocycles. The zero-order chi connectivity index (χ0) is 13.2. The lowest BCUT2D eigenvalue weighted by atomic mass is 10.2. The molecule has 0 radical (unpaired) electrons. The van der Waals surface area contributed by atoms with Gasteiger partial charge >= 0.3 is 0 Å². The Bertz CT molecular complexity index is 232. The molecule has 1 N–H and O–H groups in total.